The monoisotopic (exact) mass is 412 g/mol. The van der Waals surface area contributed by atoms with E-state index >= 15 is 0 Å². The third kappa shape index (κ3) is 8.55. The fraction of sp³-hybridized carbons (Fsp3) is 0.417. The Morgan fingerprint density at radius 1 is 0.867 bits per heavy atom. The first-order valence-corrected chi connectivity index (χ1v) is 10.7. The maximum absolute atomic E-state index is 12.2. The maximum atomic E-state index is 12.2. The van der Waals surface area contributed by atoms with Crippen LogP contribution in [0.4, 0.5) is 11.4 Å². The molecule has 0 saturated heterocycles. The zero-order chi connectivity index (χ0) is 21.6. The van der Waals surface area contributed by atoms with Crippen LogP contribution in [0.1, 0.15) is 56.3 Å². The van der Waals surface area contributed by atoms with Gasteiger partial charge in [-0.25, -0.2) is 4.79 Å². The second-order valence-corrected chi connectivity index (χ2v) is 7.05. The molecule has 0 unspecified atom stereocenters. The number of carbonyl (C=O) groups is 2. The molecular weight excluding hydrogens is 380 g/mol. The number of unbranched alkanes of at least 4 members (excludes halogenated alkanes) is 3. The Hall–Kier alpha value is -3.02. The SMILES string of the molecule is CCCCCCOc1cccc(NC(=O)CNc2ccc(C(=O)OCCC)cc2)c1. The van der Waals surface area contributed by atoms with Crippen LogP contribution in [0.3, 0.4) is 0 Å². The van der Waals surface area contributed by atoms with Gasteiger partial charge in [0.2, 0.25) is 5.91 Å². The molecule has 0 aliphatic carbocycles. The van der Waals surface area contributed by atoms with E-state index in [-0.39, 0.29) is 18.4 Å². The van der Waals surface area contributed by atoms with Crippen LogP contribution in [0.2, 0.25) is 0 Å². The van der Waals surface area contributed by atoms with Crippen molar-refractivity contribution in [1.82, 2.24) is 0 Å². The highest BCUT2D eigenvalue weighted by molar-refractivity contribution is 5.94. The van der Waals surface area contributed by atoms with Gasteiger partial charge >= 0.3 is 5.97 Å². The molecule has 0 aliphatic heterocycles. The third-order valence-electron chi connectivity index (χ3n) is 4.40. The first-order valence-electron chi connectivity index (χ1n) is 10.7. The van der Waals surface area contributed by atoms with Crippen molar-refractivity contribution in [3.05, 3.63) is 54.1 Å². The second kappa shape index (κ2) is 13.2. The summed E-state index contributed by atoms with van der Waals surface area (Å²) in [5.74, 6) is 0.248. The fourth-order valence-corrected chi connectivity index (χ4v) is 2.77. The van der Waals surface area contributed by atoms with Crippen LogP contribution in [0, 0.1) is 0 Å². The molecule has 0 aromatic heterocycles. The molecular formula is C24H32N2O4. The number of anilines is 2. The van der Waals surface area contributed by atoms with E-state index in [1.807, 2.05) is 31.2 Å². The fourth-order valence-electron chi connectivity index (χ4n) is 2.77. The van der Waals surface area contributed by atoms with Gasteiger partial charge in [0.1, 0.15) is 5.75 Å². The largest absolute Gasteiger partial charge is 0.494 e. The molecule has 0 saturated carbocycles. The molecule has 0 radical (unpaired) electrons. The summed E-state index contributed by atoms with van der Waals surface area (Å²) < 4.78 is 10.9. The maximum Gasteiger partial charge on any atom is 0.338 e. The lowest BCUT2D eigenvalue weighted by molar-refractivity contribution is -0.114. The lowest BCUT2D eigenvalue weighted by atomic mass is 10.2. The summed E-state index contributed by atoms with van der Waals surface area (Å²) in [6, 6.07) is 14.3. The van der Waals surface area contributed by atoms with Crippen LogP contribution in [0.15, 0.2) is 48.5 Å². The number of nitrogens with one attached hydrogen (secondary N) is 2. The number of benzene rings is 2. The van der Waals surface area contributed by atoms with Crippen LogP contribution in [-0.2, 0) is 9.53 Å². The molecule has 2 aromatic rings. The first kappa shape index (κ1) is 23.3. The summed E-state index contributed by atoms with van der Waals surface area (Å²) in [5, 5.41) is 5.91. The minimum Gasteiger partial charge on any atom is -0.494 e. The van der Waals surface area contributed by atoms with E-state index < -0.39 is 0 Å². The Kier molecular flexibility index (Phi) is 10.3. The van der Waals surface area contributed by atoms with Crippen LogP contribution in [0.25, 0.3) is 0 Å². The highest BCUT2D eigenvalue weighted by Crippen LogP contribution is 2.18. The summed E-state index contributed by atoms with van der Waals surface area (Å²) in [6.45, 7) is 5.33. The molecule has 1 amide bonds. The van der Waals surface area contributed by atoms with Crippen molar-refractivity contribution in [3.63, 3.8) is 0 Å². The first-order chi connectivity index (χ1) is 14.6. The number of esters is 1. The van der Waals surface area contributed by atoms with Crippen LogP contribution < -0.4 is 15.4 Å². The van der Waals surface area contributed by atoms with E-state index in [1.165, 1.54) is 19.3 Å². The Morgan fingerprint density at radius 2 is 1.67 bits per heavy atom. The number of carbonyl (C=O) groups excluding carboxylic acids is 2. The van der Waals surface area contributed by atoms with Gasteiger partial charge in [0.25, 0.3) is 0 Å². The summed E-state index contributed by atoms with van der Waals surface area (Å²) in [5.41, 5.74) is 1.94. The molecule has 30 heavy (non-hydrogen) atoms. The lowest BCUT2D eigenvalue weighted by Gasteiger charge is -2.10. The average molecular weight is 413 g/mol. The second-order valence-electron chi connectivity index (χ2n) is 7.05. The summed E-state index contributed by atoms with van der Waals surface area (Å²) >= 11 is 0. The predicted molar refractivity (Wildman–Crippen MR) is 120 cm³/mol. The standard InChI is InChI=1S/C24H32N2O4/c1-3-5-6-7-16-29-22-10-8-9-21(17-22)26-23(27)18-25-20-13-11-19(12-14-20)24(28)30-15-4-2/h8-14,17,25H,3-7,15-16,18H2,1-2H3,(H,26,27). The number of hydrogen-bond donors (Lipinski definition) is 2. The highest BCUT2D eigenvalue weighted by Gasteiger charge is 2.07. The van der Waals surface area contributed by atoms with E-state index in [9.17, 15) is 9.59 Å². The van der Waals surface area contributed by atoms with Crippen molar-refractivity contribution in [2.24, 2.45) is 0 Å². The smallest absolute Gasteiger partial charge is 0.338 e. The zero-order valence-electron chi connectivity index (χ0n) is 17.9. The third-order valence-corrected chi connectivity index (χ3v) is 4.40. The molecule has 2 aromatic carbocycles. The quantitative estimate of drug-likeness (QED) is 0.346. The molecule has 2 rings (SSSR count). The van der Waals surface area contributed by atoms with Crippen molar-refractivity contribution < 1.29 is 19.1 Å². The molecule has 0 atom stereocenters. The minimum atomic E-state index is -0.339. The van der Waals surface area contributed by atoms with Crippen molar-refractivity contribution >= 4 is 23.3 Å². The van der Waals surface area contributed by atoms with Crippen molar-refractivity contribution in [1.29, 1.82) is 0 Å². The minimum absolute atomic E-state index is 0.113. The Balaban J connectivity index is 1.76. The van der Waals surface area contributed by atoms with Gasteiger partial charge in [-0.15, -0.1) is 0 Å². The molecule has 162 valence electrons. The van der Waals surface area contributed by atoms with Gasteiger partial charge in [0.15, 0.2) is 0 Å². The number of rotatable bonds is 13. The van der Waals surface area contributed by atoms with E-state index in [1.54, 1.807) is 24.3 Å². The predicted octanol–water partition coefficient (Wildman–Crippen LogP) is 5.26. The number of amides is 1. The van der Waals surface area contributed by atoms with Crippen molar-refractivity contribution in [2.45, 2.75) is 46.0 Å². The summed E-state index contributed by atoms with van der Waals surface area (Å²) in [7, 11) is 0. The van der Waals surface area contributed by atoms with Gasteiger partial charge in [-0.1, -0.05) is 39.2 Å². The molecule has 0 fully saturated rings. The highest BCUT2D eigenvalue weighted by atomic mass is 16.5. The van der Waals surface area contributed by atoms with Gasteiger partial charge in [-0.05, 0) is 49.2 Å². The van der Waals surface area contributed by atoms with E-state index in [0.717, 1.165) is 24.3 Å². The molecule has 6 nitrogen and oxygen atoms in total. The Morgan fingerprint density at radius 3 is 2.40 bits per heavy atom. The molecule has 0 aliphatic rings. The van der Waals surface area contributed by atoms with Gasteiger partial charge < -0.3 is 20.1 Å². The number of ether oxygens (including phenoxy) is 2. The molecule has 0 heterocycles. The summed E-state index contributed by atoms with van der Waals surface area (Å²) in [6.07, 6.45) is 5.40. The van der Waals surface area contributed by atoms with Crippen molar-refractivity contribution in [3.8, 4) is 5.75 Å². The zero-order valence-corrected chi connectivity index (χ0v) is 17.9. The average Bonchev–Trinajstić information content (AvgIpc) is 2.76. The van der Waals surface area contributed by atoms with Gasteiger partial charge in [-0.3, -0.25) is 4.79 Å². The van der Waals surface area contributed by atoms with E-state index in [0.29, 0.717) is 24.5 Å². The normalized spacial score (nSPS) is 10.3. The van der Waals surface area contributed by atoms with Gasteiger partial charge in [-0.2, -0.15) is 0 Å². The molecule has 6 heteroatoms. The molecule has 0 bridgehead atoms. The van der Waals surface area contributed by atoms with Crippen molar-refractivity contribution in [2.75, 3.05) is 30.4 Å². The van der Waals surface area contributed by atoms with Crippen LogP contribution in [-0.4, -0.2) is 31.6 Å². The Bertz CT molecular complexity index is 790. The summed E-state index contributed by atoms with van der Waals surface area (Å²) in [4.78, 5) is 24.0. The van der Waals surface area contributed by atoms with E-state index in [2.05, 4.69) is 17.6 Å². The topological polar surface area (TPSA) is 76.7 Å². The number of hydrogen-bond acceptors (Lipinski definition) is 5. The van der Waals surface area contributed by atoms with Crippen LogP contribution >= 0.6 is 0 Å². The lowest BCUT2D eigenvalue weighted by Crippen LogP contribution is -2.21. The Labute approximate surface area is 179 Å². The van der Waals surface area contributed by atoms with Crippen LogP contribution in [0.5, 0.6) is 5.75 Å². The van der Waals surface area contributed by atoms with E-state index in [4.69, 9.17) is 9.47 Å². The van der Waals surface area contributed by atoms with Gasteiger partial charge in [0.05, 0.1) is 25.3 Å². The molecule has 2 N–H and O–H groups in total. The van der Waals surface area contributed by atoms with Gasteiger partial charge in [0, 0.05) is 17.4 Å². The molecule has 0 spiro atoms.